The van der Waals surface area contributed by atoms with Gasteiger partial charge in [0.1, 0.15) is 17.6 Å². The van der Waals surface area contributed by atoms with Gasteiger partial charge in [-0.1, -0.05) is 24.3 Å². The molecule has 0 saturated carbocycles. The van der Waals surface area contributed by atoms with Gasteiger partial charge in [0.05, 0.1) is 0 Å². The summed E-state index contributed by atoms with van der Waals surface area (Å²) >= 11 is 1.57. The normalized spacial score (nSPS) is 15.8. The molecule has 150 valence electrons. The lowest BCUT2D eigenvalue weighted by Gasteiger charge is -2.35. The molecule has 0 bridgehead atoms. The number of amides is 1. The standard InChI is InChI=1S/C23H24N2O3S/c26-21(22-7-4-16-29-22)17-24-12-14-25(15-13-24)23(27)18-8-10-20(11-9-18)28-19-5-2-1-3-6-19/h1-11,16,21,26H,12-15,17H2. The van der Waals surface area contributed by atoms with E-state index in [9.17, 15) is 9.90 Å². The van der Waals surface area contributed by atoms with Crippen molar-refractivity contribution in [1.29, 1.82) is 0 Å². The van der Waals surface area contributed by atoms with Crippen LogP contribution in [0.25, 0.3) is 0 Å². The number of β-amino-alcohol motifs (C(OH)–C–C–N with tert-alkyl or cyclic N) is 1. The van der Waals surface area contributed by atoms with Gasteiger partial charge in [-0.2, -0.15) is 0 Å². The zero-order chi connectivity index (χ0) is 20.1. The Kier molecular flexibility index (Phi) is 6.24. The Labute approximate surface area is 174 Å². The molecule has 5 nitrogen and oxygen atoms in total. The summed E-state index contributed by atoms with van der Waals surface area (Å²) in [7, 11) is 0. The minimum Gasteiger partial charge on any atom is -0.457 e. The first-order valence-electron chi connectivity index (χ1n) is 9.75. The van der Waals surface area contributed by atoms with Gasteiger partial charge in [-0.15, -0.1) is 11.3 Å². The number of thiophene rings is 1. The van der Waals surface area contributed by atoms with Gasteiger partial charge >= 0.3 is 0 Å². The van der Waals surface area contributed by atoms with E-state index >= 15 is 0 Å². The molecule has 6 heteroatoms. The Balaban J connectivity index is 1.29. The van der Waals surface area contributed by atoms with Gasteiger partial charge in [-0.25, -0.2) is 0 Å². The van der Waals surface area contributed by atoms with Crippen molar-refractivity contribution in [3.8, 4) is 11.5 Å². The van der Waals surface area contributed by atoms with Gasteiger partial charge in [-0.05, 0) is 47.8 Å². The van der Waals surface area contributed by atoms with Crippen LogP contribution in [0.4, 0.5) is 0 Å². The maximum Gasteiger partial charge on any atom is 0.253 e. The molecule has 1 aromatic heterocycles. The summed E-state index contributed by atoms with van der Waals surface area (Å²) in [5, 5.41) is 12.3. The second-order valence-corrected chi connectivity index (χ2v) is 8.04. The molecule has 29 heavy (non-hydrogen) atoms. The van der Waals surface area contributed by atoms with Crippen molar-refractivity contribution in [2.45, 2.75) is 6.10 Å². The molecule has 1 N–H and O–H groups in total. The number of piperazine rings is 1. The van der Waals surface area contributed by atoms with Crippen molar-refractivity contribution in [2.24, 2.45) is 0 Å². The largest absolute Gasteiger partial charge is 0.457 e. The second-order valence-electron chi connectivity index (χ2n) is 7.06. The Hall–Kier alpha value is -2.67. The Bertz CT molecular complexity index is 905. The number of carbonyl (C=O) groups is 1. The van der Waals surface area contributed by atoms with Crippen LogP contribution in [0.15, 0.2) is 72.1 Å². The molecule has 1 aliphatic rings. The third kappa shape index (κ3) is 5.03. The number of para-hydroxylation sites is 1. The fraction of sp³-hybridized carbons (Fsp3) is 0.261. The number of carbonyl (C=O) groups excluding carboxylic acids is 1. The first-order valence-corrected chi connectivity index (χ1v) is 10.6. The average Bonchev–Trinajstić information content (AvgIpc) is 3.30. The molecule has 1 saturated heterocycles. The molecule has 1 atom stereocenters. The van der Waals surface area contributed by atoms with Gasteiger partial charge in [0.25, 0.3) is 5.91 Å². The maximum atomic E-state index is 12.8. The van der Waals surface area contributed by atoms with E-state index in [-0.39, 0.29) is 5.91 Å². The van der Waals surface area contributed by atoms with Crippen LogP contribution in [-0.4, -0.2) is 53.5 Å². The summed E-state index contributed by atoms with van der Waals surface area (Å²) in [5.41, 5.74) is 0.664. The zero-order valence-corrected chi connectivity index (χ0v) is 16.9. The van der Waals surface area contributed by atoms with Crippen LogP contribution in [0.5, 0.6) is 11.5 Å². The van der Waals surface area contributed by atoms with Gasteiger partial charge in [0.15, 0.2) is 0 Å². The number of hydrogen-bond acceptors (Lipinski definition) is 5. The monoisotopic (exact) mass is 408 g/mol. The van der Waals surface area contributed by atoms with E-state index in [1.807, 2.05) is 77.0 Å². The van der Waals surface area contributed by atoms with E-state index in [1.165, 1.54) is 0 Å². The quantitative estimate of drug-likeness (QED) is 0.669. The summed E-state index contributed by atoms with van der Waals surface area (Å²) in [6.07, 6.45) is -0.464. The van der Waals surface area contributed by atoms with Crippen LogP contribution >= 0.6 is 11.3 Å². The molecule has 1 unspecified atom stereocenters. The molecule has 2 heterocycles. The van der Waals surface area contributed by atoms with Gasteiger partial charge in [0, 0.05) is 43.2 Å². The van der Waals surface area contributed by atoms with Crippen molar-refractivity contribution in [2.75, 3.05) is 32.7 Å². The smallest absolute Gasteiger partial charge is 0.253 e. The molecule has 0 radical (unpaired) electrons. The van der Waals surface area contributed by atoms with E-state index in [2.05, 4.69) is 4.90 Å². The highest BCUT2D eigenvalue weighted by Gasteiger charge is 2.24. The minimum atomic E-state index is -0.464. The molecular weight excluding hydrogens is 384 g/mol. The van der Waals surface area contributed by atoms with Crippen molar-refractivity contribution in [1.82, 2.24) is 9.80 Å². The molecule has 0 spiro atoms. The lowest BCUT2D eigenvalue weighted by Crippen LogP contribution is -2.49. The fourth-order valence-electron chi connectivity index (χ4n) is 3.42. The van der Waals surface area contributed by atoms with Crippen LogP contribution in [0.3, 0.4) is 0 Å². The SMILES string of the molecule is O=C(c1ccc(Oc2ccccc2)cc1)N1CCN(CC(O)c2cccs2)CC1. The van der Waals surface area contributed by atoms with Crippen LogP contribution in [-0.2, 0) is 0 Å². The van der Waals surface area contributed by atoms with E-state index in [4.69, 9.17) is 4.74 Å². The van der Waals surface area contributed by atoms with Gasteiger partial charge < -0.3 is 14.7 Å². The van der Waals surface area contributed by atoms with Crippen LogP contribution in [0.1, 0.15) is 21.3 Å². The first kappa shape index (κ1) is 19.6. The summed E-state index contributed by atoms with van der Waals surface area (Å²) in [6.45, 7) is 3.47. The Morgan fingerprint density at radius 3 is 2.28 bits per heavy atom. The molecule has 2 aromatic carbocycles. The number of hydrogen-bond donors (Lipinski definition) is 1. The van der Waals surface area contributed by atoms with E-state index in [1.54, 1.807) is 11.3 Å². The highest BCUT2D eigenvalue weighted by Crippen LogP contribution is 2.23. The zero-order valence-electron chi connectivity index (χ0n) is 16.1. The molecule has 4 rings (SSSR count). The van der Waals surface area contributed by atoms with Crippen molar-refractivity contribution < 1.29 is 14.6 Å². The number of aliphatic hydroxyl groups excluding tert-OH is 1. The summed E-state index contributed by atoms with van der Waals surface area (Å²) < 4.78 is 5.79. The summed E-state index contributed by atoms with van der Waals surface area (Å²) in [6, 6.07) is 20.8. The predicted molar refractivity (Wildman–Crippen MR) is 115 cm³/mol. The van der Waals surface area contributed by atoms with Crippen LogP contribution < -0.4 is 4.74 Å². The van der Waals surface area contributed by atoms with Crippen LogP contribution in [0.2, 0.25) is 0 Å². The first-order chi connectivity index (χ1) is 14.2. The predicted octanol–water partition coefficient (Wildman–Crippen LogP) is 4.03. The highest BCUT2D eigenvalue weighted by molar-refractivity contribution is 7.10. The van der Waals surface area contributed by atoms with Crippen molar-refractivity contribution >= 4 is 17.2 Å². The molecule has 3 aromatic rings. The number of rotatable bonds is 6. The lowest BCUT2D eigenvalue weighted by atomic mass is 10.1. The maximum absolute atomic E-state index is 12.8. The molecule has 1 fully saturated rings. The second kappa shape index (κ2) is 9.22. The van der Waals surface area contributed by atoms with E-state index in [0.717, 1.165) is 23.7 Å². The highest BCUT2D eigenvalue weighted by atomic mass is 32.1. The number of benzene rings is 2. The average molecular weight is 409 g/mol. The fourth-order valence-corrected chi connectivity index (χ4v) is 4.12. The van der Waals surface area contributed by atoms with Crippen LogP contribution in [0, 0.1) is 0 Å². The topological polar surface area (TPSA) is 53.0 Å². The minimum absolute atomic E-state index is 0.0368. The van der Waals surface area contributed by atoms with Crippen molar-refractivity contribution in [3.05, 3.63) is 82.6 Å². The Morgan fingerprint density at radius 2 is 1.62 bits per heavy atom. The van der Waals surface area contributed by atoms with Crippen molar-refractivity contribution in [3.63, 3.8) is 0 Å². The number of ether oxygens (including phenoxy) is 1. The van der Waals surface area contributed by atoms with E-state index in [0.29, 0.717) is 30.9 Å². The lowest BCUT2D eigenvalue weighted by molar-refractivity contribution is 0.0533. The van der Waals surface area contributed by atoms with Gasteiger partial charge in [-0.3, -0.25) is 9.69 Å². The number of nitrogens with zero attached hydrogens (tertiary/aromatic N) is 2. The molecule has 0 aliphatic carbocycles. The molecule has 1 aliphatic heterocycles. The third-order valence-corrected chi connectivity index (χ3v) is 6.02. The summed E-state index contributed by atoms with van der Waals surface area (Å²) in [5.74, 6) is 1.52. The summed E-state index contributed by atoms with van der Waals surface area (Å²) in [4.78, 5) is 17.9. The molecule has 1 amide bonds. The van der Waals surface area contributed by atoms with E-state index < -0.39 is 6.10 Å². The van der Waals surface area contributed by atoms with Gasteiger partial charge in [0.2, 0.25) is 0 Å². The molecular formula is C23H24N2O3S. The third-order valence-electron chi connectivity index (χ3n) is 5.04. The number of aliphatic hydroxyl groups is 1. The Morgan fingerprint density at radius 1 is 0.931 bits per heavy atom.